The predicted molar refractivity (Wildman–Crippen MR) is 110 cm³/mol. The number of hydrogen-bond acceptors (Lipinski definition) is 4. The summed E-state index contributed by atoms with van der Waals surface area (Å²) in [4.78, 5) is 16.8. The number of hydrogen-bond donors (Lipinski definition) is 1. The van der Waals surface area contributed by atoms with Crippen LogP contribution in [0.3, 0.4) is 0 Å². The van der Waals surface area contributed by atoms with Gasteiger partial charge in [0, 0.05) is 69.9 Å². The number of carbonyl (C=O) groups excluding carboxylic acids is 1. The summed E-state index contributed by atoms with van der Waals surface area (Å²) in [5.41, 5.74) is 2.51. The van der Waals surface area contributed by atoms with E-state index in [0.29, 0.717) is 24.4 Å². The largest absolute Gasteiger partial charge is 0.338 e. The summed E-state index contributed by atoms with van der Waals surface area (Å²) in [6, 6.07) is 11.8. The van der Waals surface area contributed by atoms with Gasteiger partial charge >= 0.3 is 0 Å². The van der Waals surface area contributed by atoms with Gasteiger partial charge in [0.2, 0.25) is 5.91 Å². The minimum Gasteiger partial charge on any atom is -0.338 e. The van der Waals surface area contributed by atoms with E-state index in [4.69, 9.17) is 0 Å². The lowest BCUT2D eigenvalue weighted by Crippen LogP contribution is -2.37. The lowest BCUT2D eigenvalue weighted by atomic mass is 9.95. The molecule has 28 heavy (non-hydrogen) atoms. The Morgan fingerprint density at radius 2 is 2.04 bits per heavy atom. The molecule has 0 saturated carbocycles. The van der Waals surface area contributed by atoms with E-state index in [9.17, 15) is 4.79 Å². The van der Waals surface area contributed by atoms with Gasteiger partial charge in [0.1, 0.15) is 0 Å². The molecule has 0 spiro atoms. The highest BCUT2D eigenvalue weighted by molar-refractivity contribution is 5.79. The number of likely N-dealkylation sites (tertiary alicyclic amines) is 2. The molecule has 1 aromatic heterocycles. The zero-order valence-electron chi connectivity index (χ0n) is 17.1. The van der Waals surface area contributed by atoms with Crippen LogP contribution in [0, 0.1) is 5.92 Å². The van der Waals surface area contributed by atoms with Crippen molar-refractivity contribution < 1.29 is 4.79 Å². The molecular weight excluding hydrogens is 350 g/mol. The zero-order chi connectivity index (χ0) is 19.7. The molecule has 0 aliphatic carbocycles. The molecule has 4 atom stereocenters. The van der Waals surface area contributed by atoms with E-state index in [-0.39, 0.29) is 11.9 Å². The third-order valence-corrected chi connectivity index (χ3v) is 6.48. The summed E-state index contributed by atoms with van der Waals surface area (Å²) in [7, 11) is 3.84. The molecule has 6 nitrogen and oxygen atoms in total. The first-order valence-corrected chi connectivity index (χ1v) is 10.3. The van der Waals surface area contributed by atoms with Crippen LogP contribution in [0.5, 0.6) is 0 Å². The van der Waals surface area contributed by atoms with Crippen molar-refractivity contribution in [1.29, 1.82) is 0 Å². The van der Waals surface area contributed by atoms with Gasteiger partial charge in [-0.25, -0.2) is 0 Å². The highest BCUT2D eigenvalue weighted by atomic mass is 16.2. The summed E-state index contributed by atoms with van der Waals surface area (Å²) in [5, 5.41) is 8.06. The zero-order valence-corrected chi connectivity index (χ0v) is 17.1. The van der Waals surface area contributed by atoms with E-state index in [0.717, 1.165) is 31.6 Å². The summed E-state index contributed by atoms with van der Waals surface area (Å²) in [5.74, 6) is 0.522. The fourth-order valence-corrected chi connectivity index (χ4v) is 4.79. The monoisotopic (exact) mass is 381 g/mol. The molecule has 2 aliphatic heterocycles. The molecule has 150 valence electrons. The lowest BCUT2D eigenvalue weighted by Gasteiger charge is -2.26. The predicted octanol–water partition coefficient (Wildman–Crippen LogP) is 2.36. The first kappa shape index (κ1) is 19.2. The number of nitrogens with zero attached hydrogens (tertiary/aromatic N) is 4. The van der Waals surface area contributed by atoms with E-state index >= 15 is 0 Å². The SMILES string of the molecule is C[C@H](c1ccccc1)N1CC[C@@H](NC[C@@H]2CC(=O)N(C)[C@H]2c2cnn(C)c2)C1. The molecule has 2 aliphatic rings. The Morgan fingerprint density at radius 1 is 1.25 bits per heavy atom. The van der Waals surface area contributed by atoms with Crippen LogP contribution < -0.4 is 5.32 Å². The Kier molecular flexibility index (Phi) is 5.51. The minimum atomic E-state index is 0.120. The molecule has 2 saturated heterocycles. The maximum atomic E-state index is 12.3. The van der Waals surface area contributed by atoms with Gasteiger partial charge in [-0.3, -0.25) is 14.4 Å². The number of benzene rings is 1. The number of rotatable bonds is 6. The van der Waals surface area contributed by atoms with E-state index in [1.54, 1.807) is 0 Å². The summed E-state index contributed by atoms with van der Waals surface area (Å²) >= 11 is 0. The molecule has 0 radical (unpaired) electrons. The van der Waals surface area contributed by atoms with Crippen molar-refractivity contribution in [2.24, 2.45) is 13.0 Å². The standard InChI is InChI=1S/C22H31N5O/c1-16(17-7-5-4-6-8-17)27-10-9-20(15-27)23-12-18-11-21(28)26(3)22(18)19-13-24-25(2)14-19/h4-8,13-14,16,18,20,22-23H,9-12,15H2,1-3H3/t16-,18+,20-,22-/m1/s1. The molecule has 0 bridgehead atoms. The van der Waals surface area contributed by atoms with Crippen molar-refractivity contribution >= 4 is 5.91 Å². The van der Waals surface area contributed by atoms with Crippen LogP contribution in [-0.2, 0) is 11.8 Å². The number of nitrogens with one attached hydrogen (secondary N) is 1. The molecule has 4 rings (SSSR count). The summed E-state index contributed by atoms with van der Waals surface area (Å²) < 4.78 is 1.82. The van der Waals surface area contributed by atoms with Crippen LogP contribution in [0.2, 0.25) is 0 Å². The molecular formula is C22H31N5O. The fraction of sp³-hybridized carbons (Fsp3) is 0.545. The van der Waals surface area contributed by atoms with Crippen molar-refractivity contribution in [3.8, 4) is 0 Å². The second kappa shape index (κ2) is 8.05. The number of amides is 1. The first-order chi connectivity index (χ1) is 13.5. The second-order valence-electron chi connectivity index (χ2n) is 8.34. The van der Waals surface area contributed by atoms with Crippen LogP contribution in [0.4, 0.5) is 0 Å². The number of aromatic nitrogens is 2. The molecule has 2 aromatic rings. The van der Waals surface area contributed by atoms with Crippen LogP contribution in [0.1, 0.15) is 43.0 Å². The van der Waals surface area contributed by atoms with Crippen LogP contribution in [-0.4, -0.2) is 58.2 Å². The Morgan fingerprint density at radius 3 is 2.75 bits per heavy atom. The maximum absolute atomic E-state index is 12.3. The Balaban J connectivity index is 1.34. The molecule has 1 amide bonds. The number of aryl methyl sites for hydroxylation is 1. The second-order valence-corrected chi connectivity index (χ2v) is 8.34. The van der Waals surface area contributed by atoms with Crippen molar-refractivity contribution in [3.63, 3.8) is 0 Å². The van der Waals surface area contributed by atoms with E-state index in [2.05, 4.69) is 52.6 Å². The van der Waals surface area contributed by atoms with Gasteiger partial charge in [0.15, 0.2) is 0 Å². The third kappa shape index (κ3) is 3.84. The Hall–Kier alpha value is -2.18. The van der Waals surface area contributed by atoms with Gasteiger partial charge in [-0.05, 0) is 18.9 Å². The maximum Gasteiger partial charge on any atom is 0.223 e. The summed E-state index contributed by atoms with van der Waals surface area (Å²) in [6.07, 6.45) is 5.70. The van der Waals surface area contributed by atoms with Gasteiger partial charge in [0.25, 0.3) is 0 Å². The van der Waals surface area contributed by atoms with Gasteiger partial charge < -0.3 is 10.2 Å². The van der Waals surface area contributed by atoms with Crippen LogP contribution in [0.15, 0.2) is 42.7 Å². The van der Waals surface area contributed by atoms with Crippen molar-refractivity contribution in [2.45, 2.75) is 37.9 Å². The Bertz CT molecular complexity index is 804. The molecule has 0 unspecified atom stereocenters. The van der Waals surface area contributed by atoms with Gasteiger partial charge in [-0.2, -0.15) is 5.10 Å². The van der Waals surface area contributed by atoms with Crippen molar-refractivity contribution in [2.75, 3.05) is 26.7 Å². The van der Waals surface area contributed by atoms with Crippen molar-refractivity contribution in [1.82, 2.24) is 24.9 Å². The van der Waals surface area contributed by atoms with Gasteiger partial charge in [0.05, 0.1) is 12.2 Å². The Labute approximate surface area is 167 Å². The molecule has 1 aromatic carbocycles. The lowest BCUT2D eigenvalue weighted by molar-refractivity contribution is -0.127. The molecule has 6 heteroatoms. The topological polar surface area (TPSA) is 53.4 Å². The third-order valence-electron chi connectivity index (χ3n) is 6.48. The molecule has 1 N–H and O–H groups in total. The summed E-state index contributed by atoms with van der Waals surface area (Å²) in [6.45, 7) is 5.34. The smallest absolute Gasteiger partial charge is 0.223 e. The molecule has 3 heterocycles. The average molecular weight is 382 g/mol. The van der Waals surface area contributed by atoms with E-state index in [1.165, 1.54) is 5.56 Å². The van der Waals surface area contributed by atoms with Crippen LogP contribution in [0.25, 0.3) is 0 Å². The minimum absolute atomic E-state index is 0.120. The number of carbonyl (C=O) groups is 1. The van der Waals surface area contributed by atoms with E-state index < -0.39 is 0 Å². The van der Waals surface area contributed by atoms with Gasteiger partial charge in [-0.1, -0.05) is 30.3 Å². The molecule has 2 fully saturated rings. The van der Waals surface area contributed by atoms with Gasteiger partial charge in [-0.15, -0.1) is 0 Å². The van der Waals surface area contributed by atoms with Crippen molar-refractivity contribution in [3.05, 3.63) is 53.9 Å². The average Bonchev–Trinajstić information content (AvgIpc) is 3.41. The van der Waals surface area contributed by atoms with Crippen LogP contribution >= 0.6 is 0 Å². The normalized spacial score (nSPS) is 26.9. The first-order valence-electron chi connectivity index (χ1n) is 10.3. The highest BCUT2D eigenvalue weighted by Gasteiger charge is 2.39. The fourth-order valence-electron chi connectivity index (χ4n) is 4.79. The quantitative estimate of drug-likeness (QED) is 0.835. The van der Waals surface area contributed by atoms with E-state index in [1.807, 2.05) is 36.1 Å². The highest BCUT2D eigenvalue weighted by Crippen LogP contribution is 2.36.